The highest BCUT2D eigenvalue weighted by Gasteiger charge is 2.16. The van der Waals surface area contributed by atoms with Crippen LogP contribution in [0.3, 0.4) is 0 Å². The van der Waals surface area contributed by atoms with E-state index in [2.05, 4.69) is 20.6 Å². The Morgan fingerprint density at radius 1 is 1.30 bits per heavy atom. The molecule has 2 rings (SSSR count). The monoisotopic (exact) mass is 290 g/mol. The zero-order chi connectivity index (χ0) is 14.4. The number of nitrogens with zero attached hydrogens (tertiary/aromatic N) is 2. The minimum Gasteiger partial charge on any atom is -0.351 e. The summed E-state index contributed by atoms with van der Waals surface area (Å²) in [7, 11) is 0. The van der Waals surface area contributed by atoms with E-state index in [1.165, 1.54) is 29.9 Å². The maximum Gasteiger partial charge on any atom is 0.275 e. The second kappa shape index (κ2) is 6.76. The summed E-state index contributed by atoms with van der Waals surface area (Å²) in [5.41, 5.74) is 0.692. The van der Waals surface area contributed by atoms with Gasteiger partial charge in [-0.2, -0.15) is 0 Å². The molecular weight excluding hydrogens is 276 g/mol. The molecule has 2 heterocycles. The summed E-state index contributed by atoms with van der Waals surface area (Å²) in [4.78, 5) is 32.1. The van der Waals surface area contributed by atoms with E-state index >= 15 is 0 Å². The van der Waals surface area contributed by atoms with Crippen molar-refractivity contribution >= 4 is 28.8 Å². The van der Waals surface area contributed by atoms with E-state index in [-0.39, 0.29) is 17.5 Å². The van der Waals surface area contributed by atoms with Gasteiger partial charge in [0.25, 0.3) is 11.8 Å². The molecule has 2 amide bonds. The number of carbonyl (C=O) groups is 2. The van der Waals surface area contributed by atoms with Gasteiger partial charge < -0.3 is 10.6 Å². The van der Waals surface area contributed by atoms with E-state index < -0.39 is 0 Å². The van der Waals surface area contributed by atoms with Crippen molar-refractivity contribution in [2.24, 2.45) is 0 Å². The smallest absolute Gasteiger partial charge is 0.275 e. The Morgan fingerprint density at radius 3 is 2.85 bits per heavy atom. The highest BCUT2D eigenvalue weighted by atomic mass is 32.1. The van der Waals surface area contributed by atoms with Crippen LogP contribution in [0.5, 0.6) is 0 Å². The van der Waals surface area contributed by atoms with Gasteiger partial charge in [0.2, 0.25) is 0 Å². The average molecular weight is 290 g/mol. The fourth-order valence-corrected chi connectivity index (χ4v) is 2.27. The van der Waals surface area contributed by atoms with Crippen molar-refractivity contribution in [3.8, 4) is 0 Å². The summed E-state index contributed by atoms with van der Waals surface area (Å²) in [5, 5.41) is 7.21. The molecule has 2 aromatic heterocycles. The normalized spacial score (nSPS) is 10.1. The Kier molecular flexibility index (Phi) is 4.78. The maximum absolute atomic E-state index is 12.0. The standard InChI is InChI=1S/C13H14N4O2S/c1-2-4-16-13(19)11-9(3-7-20-11)17-12(18)10-8-14-5-6-15-10/h3,5-8H,2,4H2,1H3,(H,16,19)(H,17,18). The second-order valence-electron chi connectivity index (χ2n) is 3.96. The summed E-state index contributed by atoms with van der Waals surface area (Å²) < 4.78 is 0. The van der Waals surface area contributed by atoms with Gasteiger partial charge in [-0.1, -0.05) is 6.92 Å². The van der Waals surface area contributed by atoms with Crippen LogP contribution < -0.4 is 10.6 Å². The first-order valence-electron chi connectivity index (χ1n) is 6.15. The highest BCUT2D eigenvalue weighted by molar-refractivity contribution is 7.12. The fraction of sp³-hybridized carbons (Fsp3) is 0.231. The van der Waals surface area contributed by atoms with Gasteiger partial charge >= 0.3 is 0 Å². The van der Waals surface area contributed by atoms with Crippen molar-refractivity contribution < 1.29 is 9.59 Å². The van der Waals surface area contributed by atoms with Gasteiger partial charge in [0.15, 0.2) is 0 Å². The lowest BCUT2D eigenvalue weighted by Crippen LogP contribution is -2.24. The summed E-state index contributed by atoms with van der Waals surface area (Å²) in [6.07, 6.45) is 5.17. The van der Waals surface area contributed by atoms with Gasteiger partial charge in [-0.05, 0) is 17.9 Å². The van der Waals surface area contributed by atoms with E-state index in [9.17, 15) is 9.59 Å². The van der Waals surface area contributed by atoms with Crippen LogP contribution in [0.15, 0.2) is 30.0 Å². The summed E-state index contributed by atoms with van der Waals surface area (Å²) >= 11 is 1.28. The molecule has 0 fully saturated rings. The van der Waals surface area contributed by atoms with Crippen LogP contribution in [0.1, 0.15) is 33.5 Å². The SMILES string of the molecule is CCCNC(=O)c1sccc1NC(=O)c1cnccn1. The average Bonchev–Trinajstić information content (AvgIpc) is 2.94. The summed E-state index contributed by atoms with van der Waals surface area (Å²) in [6.45, 7) is 2.58. The number of hydrogen-bond donors (Lipinski definition) is 2. The van der Waals surface area contributed by atoms with Crippen molar-refractivity contribution in [3.05, 3.63) is 40.6 Å². The van der Waals surface area contributed by atoms with Crippen molar-refractivity contribution in [1.82, 2.24) is 15.3 Å². The molecule has 2 N–H and O–H groups in total. The van der Waals surface area contributed by atoms with Crippen molar-refractivity contribution in [2.45, 2.75) is 13.3 Å². The fourth-order valence-electron chi connectivity index (χ4n) is 1.51. The van der Waals surface area contributed by atoms with Crippen LogP contribution in [0, 0.1) is 0 Å². The number of anilines is 1. The van der Waals surface area contributed by atoms with Gasteiger partial charge in [-0.25, -0.2) is 4.98 Å². The second-order valence-corrected chi connectivity index (χ2v) is 4.88. The summed E-state index contributed by atoms with van der Waals surface area (Å²) in [6, 6.07) is 1.69. The Bertz CT molecular complexity index is 597. The molecule has 0 spiro atoms. The van der Waals surface area contributed by atoms with Crippen molar-refractivity contribution in [3.63, 3.8) is 0 Å². The number of nitrogens with one attached hydrogen (secondary N) is 2. The van der Waals surface area contributed by atoms with Crippen LogP contribution in [-0.4, -0.2) is 28.3 Å². The minimum atomic E-state index is -0.388. The Morgan fingerprint density at radius 2 is 2.15 bits per heavy atom. The molecule has 104 valence electrons. The molecule has 0 aliphatic rings. The van der Waals surface area contributed by atoms with Gasteiger partial charge in [0, 0.05) is 18.9 Å². The van der Waals surface area contributed by atoms with E-state index in [1.54, 1.807) is 11.4 Å². The molecule has 6 nitrogen and oxygen atoms in total. The number of rotatable bonds is 5. The lowest BCUT2D eigenvalue weighted by atomic mass is 10.3. The Balaban J connectivity index is 2.09. The Hall–Kier alpha value is -2.28. The predicted molar refractivity (Wildman–Crippen MR) is 76.9 cm³/mol. The van der Waals surface area contributed by atoms with Gasteiger partial charge in [0.05, 0.1) is 11.9 Å². The topological polar surface area (TPSA) is 84.0 Å². The first-order chi connectivity index (χ1) is 9.72. The molecule has 0 saturated carbocycles. The first-order valence-corrected chi connectivity index (χ1v) is 7.03. The van der Waals surface area contributed by atoms with Crippen LogP contribution in [0.2, 0.25) is 0 Å². The van der Waals surface area contributed by atoms with Gasteiger partial charge in [0.1, 0.15) is 10.6 Å². The molecule has 0 radical (unpaired) electrons. The molecule has 0 aromatic carbocycles. The van der Waals surface area contributed by atoms with Crippen molar-refractivity contribution in [2.75, 3.05) is 11.9 Å². The van der Waals surface area contributed by atoms with Gasteiger partial charge in [-0.3, -0.25) is 14.6 Å². The van der Waals surface area contributed by atoms with E-state index in [0.29, 0.717) is 17.1 Å². The molecule has 0 atom stereocenters. The number of aromatic nitrogens is 2. The molecule has 7 heteroatoms. The molecule has 0 unspecified atom stereocenters. The maximum atomic E-state index is 12.0. The minimum absolute atomic E-state index is 0.184. The molecule has 0 aliphatic heterocycles. The largest absolute Gasteiger partial charge is 0.351 e. The third kappa shape index (κ3) is 3.39. The number of thiophene rings is 1. The molecule has 20 heavy (non-hydrogen) atoms. The number of hydrogen-bond acceptors (Lipinski definition) is 5. The van der Waals surface area contributed by atoms with Crippen molar-refractivity contribution in [1.29, 1.82) is 0 Å². The van der Waals surface area contributed by atoms with Crippen LogP contribution in [-0.2, 0) is 0 Å². The molecule has 0 saturated heterocycles. The zero-order valence-corrected chi connectivity index (χ0v) is 11.7. The molecule has 0 bridgehead atoms. The molecule has 2 aromatic rings. The quantitative estimate of drug-likeness (QED) is 0.881. The highest BCUT2D eigenvalue weighted by Crippen LogP contribution is 2.22. The van der Waals surface area contributed by atoms with E-state index in [0.717, 1.165) is 6.42 Å². The first kappa shape index (κ1) is 14.1. The summed E-state index contributed by atoms with van der Waals surface area (Å²) in [5.74, 6) is -0.572. The molecule has 0 aliphatic carbocycles. The van der Waals surface area contributed by atoms with Gasteiger partial charge in [-0.15, -0.1) is 11.3 Å². The van der Waals surface area contributed by atoms with Crippen LogP contribution >= 0.6 is 11.3 Å². The lowest BCUT2D eigenvalue weighted by Gasteiger charge is -2.06. The zero-order valence-electron chi connectivity index (χ0n) is 10.9. The van der Waals surface area contributed by atoms with E-state index in [4.69, 9.17) is 0 Å². The lowest BCUT2D eigenvalue weighted by molar-refractivity contribution is 0.0958. The number of carbonyl (C=O) groups excluding carboxylic acids is 2. The predicted octanol–water partition coefficient (Wildman–Crippen LogP) is 1.93. The third-order valence-electron chi connectivity index (χ3n) is 2.45. The molecular formula is C13H14N4O2S. The third-order valence-corrected chi connectivity index (χ3v) is 3.36. The number of amides is 2. The Labute approximate surface area is 120 Å². The van der Waals surface area contributed by atoms with Crippen LogP contribution in [0.25, 0.3) is 0 Å². The van der Waals surface area contributed by atoms with E-state index in [1.807, 2.05) is 6.92 Å². The van der Waals surface area contributed by atoms with Crippen LogP contribution in [0.4, 0.5) is 5.69 Å².